The van der Waals surface area contributed by atoms with Crippen molar-refractivity contribution < 1.29 is 5.11 Å². The third kappa shape index (κ3) is 2.15. The lowest BCUT2D eigenvalue weighted by Gasteiger charge is -2.15. The number of aliphatic hydroxyl groups is 1. The molecule has 3 rings (SSSR count). The topological polar surface area (TPSA) is 36.0 Å². The van der Waals surface area contributed by atoms with Gasteiger partial charge in [-0.2, -0.15) is 0 Å². The summed E-state index contributed by atoms with van der Waals surface area (Å²) in [5.41, 5.74) is 4.23. The maximum absolute atomic E-state index is 10.6. The zero-order chi connectivity index (χ0) is 13.2. The largest absolute Gasteiger partial charge is 0.384 e. The molecule has 0 aliphatic rings. The van der Waals surface area contributed by atoms with Crippen LogP contribution in [0.2, 0.25) is 0 Å². The van der Waals surface area contributed by atoms with Crippen LogP contribution in [0.15, 0.2) is 54.7 Å². The number of H-pyrrole nitrogens is 1. The predicted molar refractivity (Wildman–Crippen MR) is 78.2 cm³/mol. The van der Waals surface area contributed by atoms with Crippen LogP contribution in [0.5, 0.6) is 0 Å². The molecule has 3 aromatic rings. The molecule has 0 radical (unpaired) electrons. The first-order valence-corrected chi connectivity index (χ1v) is 6.62. The average molecular weight is 251 g/mol. The number of aromatic nitrogens is 1. The molecule has 0 aliphatic carbocycles. The van der Waals surface area contributed by atoms with Crippen molar-refractivity contribution in [3.05, 3.63) is 71.4 Å². The number of nitrogens with one attached hydrogen (secondary N) is 1. The van der Waals surface area contributed by atoms with Gasteiger partial charge in [-0.25, -0.2) is 0 Å². The zero-order valence-electron chi connectivity index (χ0n) is 10.9. The summed E-state index contributed by atoms with van der Waals surface area (Å²) in [6.07, 6.45) is 2.29. The molecule has 2 aromatic carbocycles. The number of rotatable bonds is 3. The number of hydrogen-bond acceptors (Lipinski definition) is 1. The van der Waals surface area contributed by atoms with E-state index in [1.807, 2.05) is 48.7 Å². The summed E-state index contributed by atoms with van der Waals surface area (Å²) < 4.78 is 0. The lowest BCUT2D eigenvalue weighted by Crippen LogP contribution is -2.03. The predicted octanol–water partition coefficient (Wildman–Crippen LogP) is 3.81. The lowest BCUT2D eigenvalue weighted by molar-refractivity contribution is 0.219. The molecule has 0 spiro atoms. The Morgan fingerprint density at radius 3 is 2.79 bits per heavy atom. The molecule has 2 N–H and O–H groups in total. The smallest absolute Gasteiger partial charge is 0.104 e. The molecule has 0 aliphatic heterocycles. The molecule has 0 bridgehead atoms. The highest BCUT2D eigenvalue weighted by Crippen LogP contribution is 2.27. The van der Waals surface area contributed by atoms with Crippen LogP contribution in [0.4, 0.5) is 0 Å². The van der Waals surface area contributed by atoms with Gasteiger partial charge < -0.3 is 10.1 Å². The van der Waals surface area contributed by atoms with Crippen LogP contribution in [-0.2, 0) is 6.42 Å². The van der Waals surface area contributed by atoms with Gasteiger partial charge in [-0.15, -0.1) is 0 Å². The van der Waals surface area contributed by atoms with Crippen LogP contribution in [0.25, 0.3) is 10.9 Å². The maximum Gasteiger partial charge on any atom is 0.104 e. The Hall–Kier alpha value is -2.06. The molecule has 1 atom stereocenters. The van der Waals surface area contributed by atoms with Gasteiger partial charge >= 0.3 is 0 Å². The molecular formula is C17H17NO. The minimum atomic E-state index is -0.560. The standard InChI is InChI=1S/C17H17NO/c1-2-12-5-3-4-6-15(12)17(19)14-7-8-16-13(11-14)9-10-18-16/h3-11,17-19H,2H2,1H3. The minimum absolute atomic E-state index is 0.560. The van der Waals surface area contributed by atoms with Crippen molar-refractivity contribution in [2.45, 2.75) is 19.4 Å². The molecule has 0 amide bonds. The average Bonchev–Trinajstić information content (AvgIpc) is 2.93. The van der Waals surface area contributed by atoms with Crippen LogP contribution < -0.4 is 0 Å². The summed E-state index contributed by atoms with van der Waals surface area (Å²) >= 11 is 0. The highest BCUT2D eigenvalue weighted by Gasteiger charge is 2.13. The fraction of sp³-hybridized carbons (Fsp3) is 0.176. The van der Waals surface area contributed by atoms with Gasteiger partial charge in [0.15, 0.2) is 0 Å². The Labute approximate surface area is 112 Å². The van der Waals surface area contributed by atoms with E-state index in [1.54, 1.807) is 0 Å². The van der Waals surface area contributed by atoms with E-state index in [1.165, 1.54) is 5.56 Å². The van der Waals surface area contributed by atoms with E-state index in [9.17, 15) is 5.11 Å². The Morgan fingerprint density at radius 2 is 1.95 bits per heavy atom. The van der Waals surface area contributed by atoms with E-state index in [0.717, 1.165) is 28.5 Å². The minimum Gasteiger partial charge on any atom is -0.384 e. The molecule has 2 nitrogen and oxygen atoms in total. The molecule has 0 saturated heterocycles. The fourth-order valence-corrected chi connectivity index (χ4v) is 2.54. The van der Waals surface area contributed by atoms with Gasteiger partial charge in [0.1, 0.15) is 6.10 Å². The first kappa shape index (κ1) is 12.0. The maximum atomic E-state index is 10.6. The molecule has 0 saturated carbocycles. The molecule has 2 heteroatoms. The molecular weight excluding hydrogens is 234 g/mol. The second-order valence-corrected chi connectivity index (χ2v) is 4.78. The van der Waals surface area contributed by atoms with E-state index >= 15 is 0 Å². The SMILES string of the molecule is CCc1ccccc1C(O)c1ccc2[nH]ccc2c1. The highest BCUT2D eigenvalue weighted by molar-refractivity contribution is 5.80. The Balaban J connectivity index is 2.04. The first-order chi connectivity index (χ1) is 9.29. The van der Waals surface area contributed by atoms with E-state index in [2.05, 4.69) is 18.0 Å². The van der Waals surface area contributed by atoms with Crippen molar-refractivity contribution in [2.24, 2.45) is 0 Å². The molecule has 1 heterocycles. The molecule has 0 fully saturated rings. The molecule has 96 valence electrons. The monoisotopic (exact) mass is 251 g/mol. The van der Waals surface area contributed by atoms with Crippen molar-refractivity contribution in [1.29, 1.82) is 0 Å². The summed E-state index contributed by atoms with van der Waals surface area (Å²) in [7, 11) is 0. The van der Waals surface area contributed by atoms with E-state index in [4.69, 9.17) is 0 Å². The zero-order valence-corrected chi connectivity index (χ0v) is 10.9. The summed E-state index contributed by atoms with van der Waals surface area (Å²) in [6.45, 7) is 2.11. The third-order valence-electron chi connectivity index (χ3n) is 3.62. The van der Waals surface area contributed by atoms with Crippen LogP contribution >= 0.6 is 0 Å². The van der Waals surface area contributed by atoms with Gasteiger partial charge in [-0.1, -0.05) is 37.3 Å². The van der Waals surface area contributed by atoms with E-state index < -0.39 is 6.10 Å². The molecule has 1 unspecified atom stereocenters. The fourth-order valence-electron chi connectivity index (χ4n) is 2.54. The van der Waals surface area contributed by atoms with Gasteiger partial charge in [0, 0.05) is 11.7 Å². The number of benzene rings is 2. The summed E-state index contributed by atoms with van der Waals surface area (Å²) in [6, 6.07) is 16.1. The molecule has 19 heavy (non-hydrogen) atoms. The van der Waals surface area contributed by atoms with Crippen LogP contribution in [0.1, 0.15) is 29.7 Å². The number of aryl methyl sites for hydroxylation is 1. The first-order valence-electron chi connectivity index (χ1n) is 6.62. The van der Waals surface area contributed by atoms with Crippen molar-refractivity contribution in [1.82, 2.24) is 4.98 Å². The second-order valence-electron chi connectivity index (χ2n) is 4.78. The number of aliphatic hydroxyl groups excluding tert-OH is 1. The van der Waals surface area contributed by atoms with E-state index in [0.29, 0.717) is 0 Å². The van der Waals surface area contributed by atoms with Gasteiger partial charge in [0.2, 0.25) is 0 Å². The van der Waals surface area contributed by atoms with Crippen LogP contribution in [0.3, 0.4) is 0 Å². The quantitative estimate of drug-likeness (QED) is 0.729. The van der Waals surface area contributed by atoms with Gasteiger partial charge in [-0.05, 0) is 46.7 Å². The normalized spacial score (nSPS) is 12.7. The summed E-state index contributed by atoms with van der Waals surface area (Å²) in [5, 5.41) is 11.7. The van der Waals surface area contributed by atoms with E-state index in [-0.39, 0.29) is 0 Å². The summed E-state index contributed by atoms with van der Waals surface area (Å²) in [4.78, 5) is 3.17. The number of hydrogen-bond donors (Lipinski definition) is 2. The highest BCUT2D eigenvalue weighted by atomic mass is 16.3. The Morgan fingerprint density at radius 1 is 1.11 bits per heavy atom. The second kappa shape index (κ2) is 4.90. The molecule has 1 aromatic heterocycles. The van der Waals surface area contributed by atoms with Crippen molar-refractivity contribution >= 4 is 10.9 Å². The summed E-state index contributed by atoms with van der Waals surface area (Å²) in [5.74, 6) is 0. The lowest BCUT2D eigenvalue weighted by atomic mass is 9.95. The Bertz CT molecular complexity index is 699. The van der Waals surface area contributed by atoms with Gasteiger partial charge in [0.25, 0.3) is 0 Å². The van der Waals surface area contributed by atoms with Gasteiger partial charge in [0.05, 0.1) is 0 Å². The van der Waals surface area contributed by atoms with Crippen LogP contribution in [0, 0.1) is 0 Å². The van der Waals surface area contributed by atoms with Crippen molar-refractivity contribution in [3.8, 4) is 0 Å². The van der Waals surface area contributed by atoms with Crippen molar-refractivity contribution in [3.63, 3.8) is 0 Å². The Kier molecular flexibility index (Phi) is 3.10. The number of aromatic amines is 1. The third-order valence-corrected chi connectivity index (χ3v) is 3.62. The van der Waals surface area contributed by atoms with Gasteiger partial charge in [-0.3, -0.25) is 0 Å². The number of fused-ring (bicyclic) bond motifs is 1. The van der Waals surface area contributed by atoms with Crippen LogP contribution in [-0.4, -0.2) is 10.1 Å². The van der Waals surface area contributed by atoms with Crippen molar-refractivity contribution in [2.75, 3.05) is 0 Å².